The molecular weight excluding hydrogens is 456 g/mol. The third-order valence-electron chi connectivity index (χ3n) is 6.61. The summed E-state index contributed by atoms with van der Waals surface area (Å²) in [5, 5.41) is 9.87. The maximum absolute atomic E-state index is 13.6. The Balaban J connectivity index is 1.68. The highest BCUT2D eigenvalue weighted by molar-refractivity contribution is 5.98. The number of aliphatic hydroxyl groups is 1. The Bertz CT molecular complexity index is 1220. The number of carbonyl (C=O) groups excluding carboxylic acids is 2. The summed E-state index contributed by atoms with van der Waals surface area (Å²) in [7, 11) is 1.72. The minimum Gasteiger partial charge on any atom is -0.472 e. The fourth-order valence-electron chi connectivity index (χ4n) is 4.29. The van der Waals surface area contributed by atoms with Crippen LogP contribution in [0, 0.1) is 12.8 Å². The highest BCUT2D eigenvalue weighted by atomic mass is 16.5. The molecule has 0 bridgehead atoms. The molecule has 1 aromatic carbocycles. The van der Waals surface area contributed by atoms with Gasteiger partial charge in [-0.2, -0.15) is 0 Å². The van der Waals surface area contributed by atoms with Gasteiger partial charge in [0.05, 0.1) is 24.8 Å². The molecule has 0 saturated carbocycles. The Morgan fingerprint density at radius 3 is 2.64 bits per heavy atom. The van der Waals surface area contributed by atoms with E-state index in [2.05, 4.69) is 9.97 Å². The fourth-order valence-corrected chi connectivity index (χ4v) is 4.29. The Morgan fingerprint density at radius 1 is 1.22 bits per heavy atom. The topological polar surface area (TPSA) is 95.9 Å². The van der Waals surface area contributed by atoms with Gasteiger partial charge in [-0.25, -0.2) is 4.98 Å². The van der Waals surface area contributed by atoms with Crippen LogP contribution >= 0.6 is 0 Å². The molecule has 1 aliphatic heterocycles. The average molecular weight is 489 g/mol. The van der Waals surface area contributed by atoms with Crippen LogP contribution in [-0.2, 0) is 0 Å². The van der Waals surface area contributed by atoms with Crippen molar-refractivity contribution in [1.29, 1.82) is 0 Å². The molecule has 4 rings (SSSR count). The lowest BCUT2D eigenvalue weighted by Crippen LogP contribution is -2.50. The molecule has 3 heterocycles. The Morgan fingerprint density at radius 2 is 1.97 bits per heavy atom. The normalized spacial score (nSPS) is 18.5. The molecule has 1 aliphatic rings. The molecule has 0 aliphatic carbocycles. The number of aromatic nitrogens is 2. The number of ether oxygens (including phenoxy) is 1. The molecular formula is C28H32N4O4. The molecule has 8 heteroatoms. The van der Waals surface area contributed by atoms with E-state index in [4.69, 9.17) is 4.74 Å². The van der Waals surface area contributed by atoms with Crippen LogP contribution in [0.3, 0.4) is 0 Å². The van der Waals surface area contributed by atoms with Gasteiger partial charge < -0.3 is 19.6 Å². The number of hydrogen-bond donors (Lipinski definition) is 1. The summed E-state index contributed by atoms with van der Waals surface area (Å²) < 4.78 is 6.32. The molecule has 3 atom stereocenters. The van der Waals surface area contributed by atoms with Crippen LogP contribution in [0.25, 0.3) is 11.1 Å². The van der Waals surface area contributed by atoms with Gasteiger partial charge >= 0.3 is 0 Å². The minimum absolute atomic E-state index is 0.126. The quantitative estimate of drug-likeness (QED) is 0.571. The van der Waals surface area contributed by atoms with Crippen LogP contribution in [0.4, 0.5) is 0 Å². The number of carbonyl (C=O) groups is 2. The molecule has 2 amide bonds. The van der Waals surface area contributed by atoms with E-state index < -0.39 is 6.10 Å². The standard InChI is InChI=1S/C28H32N4O4/c1-18-7-9-21(10-8-18)23-12-24-26(30-14-23)36-25(19(2)15-32(28(24)35)20(3)17-33)16-31(4)27(34)22-6-5-11-29-13-22/h5-14,19-20,25,33H,15-17H2,1-4H3/t19-,20-,25-/m1/s1. The lowest BCUT2D eigenvalue weighted by Gasteiger charge is -2.37. The number of likely N-dealkylation sites (N-methyl/N-ethyl adjacent to an activating group) is 1. The Labute approximate surface area is 211 Å². The first kappa shape index (κ1) is 25.3. The zero-order chi connectivity index (χ0) is 25.8. The summed E-state index contributed by atoms with van der Waals surface area (Å²) in [4.78, 5) is 38.4. The second-order valence-electron chi connectivity index (χ2n) is 9.49. The van der Waals surface area contributed by atoms with Crippen LogP contribution in [0.5, 0.6) is 5.88 Å². The summed E-state index contributed by atoms with van der Waals surface area (Å²) in [5.74, 6) is -0.303. The van der Waals surface area contributed by atoms with E-state index in [1.165, 1.54) is 6.20 Å². The second kappa shape index (κ2) is 10.9. The maximum atomic E-state index is 13.6. The summed E-state index contributed by atoms with van der Waals surface area (Å²) in [6.07, 6.45) is 4.44. The number of aliphatic hydroxyl groups excluding tert-OH is 1. The largest absolute Gasteiger partial charge is 0.472 e. The van der Waals surface area contributed by atoms with Gasteiger partial charge in [0.15, 0.2) is 0 Å². The zero-order valence-corrected chi connectivity index (χ0v) is 21.1. The van der Waals surface area contributed by atoms with E-state index >= 15 is 0 Å². The zero-order valence-electron chi connectivity index (χ0n) is 21.1. The molecule has 36 heavy (non-hydrogen) atoms. The first-order chi connectivity index (χ1) is 17.3. The molecule has 0 spiro atoms. The van der Waals surface area contributed by atoms with Gasteiger partial charge in [-0.1, -0.05) is 36.8 Å². The van der Waals surface area contributed by atoms with Crippen LogP contribution in [0.15, 0.2) is 61.1 Å². The monoisotopic (exact) mass is 488 g/mol. The van der Waals surface area contributed by atoms with Crippen molar-refractivity contribution in [2.45, 2.75) is 32.9 Å². The molecule has 3 aromatic rings. The van der Waals surface area contributed by atoms with E-state index in [0.29, 0.717) is 24.2 Å². The SMILES string of the molecule is Cc1ccc(-c2cnc3c(c2)C(=O)N([C@H](C)CO)C[C@@H](C)[C@@H](CN(C)C(=O)c2cccnc2)O3)cc1. The van der Waals surface area contributed by atoms with Crippen LogP contribution in [0.2, 0.25) is 0 Å². The van der Waals surface area contributed by atoms with E-state index in [-0.39, 0.29) is 36.3 Å². The number of benzene rings is 1. The molecule has 0 unspecified atom stereocenters. The van der Waals surface area contributed by atoms with E-state index in [0.717, 1.165) is 16.7 Å². The van der Waals surface area contributed by atoms with Crippen molar-refractivity contribution >= 4 is 11.8 Å². The van der Waals surface area contributed by atoms with Crippen molar-refractivity contribution in [3.63, 3.8) is 0 Å². The number of hydrogen-bond acceptors (Lipinski definition) is 6. The molecule has 8 nitrogen and oxygen atoms in total. The number of amides is 2. The van der Waals surface area contributed by atoms with Crippen molar-refractivity contribution in [2.75, 3.05) is 26.7 Å². The first-order valence-electron chi connectivity index (χ1n) is 12.1. The highest BCUT2D eigenvalue weighted by Crippen LogP contribution is 2.30. The third kappa shape index (κ3) is 5.39. The molecule has 0 fully saturated rings. The fraction of sp³-hybridized carbons (Fsp3) is 0.357. The van der Waals surface area contributed by atoms with Crippen LogP contribution in [0.1, 0.15) is 40.1 Å². The van der Waals surface area contributed by atoms with Gasteiger partial charge in [0.1, 0.15) is 11.7 Å². The van der Waals surface area contributed by atoms with Crippen molar-refractivity contribution in [1.82, 2.24) is 19.8 Å². The summed E-state index contributed by atoms with van der Waals surface area (Å²) >= 11 is 0. The summed E-state index contributed by atoms with van der Waals surface area (Å²) in [6, 6.07) is 12.9. The van der Waals surface area contributed by atoms with Crippen LogP contribution in [-0.4, -0.2) is 75.6 Å². The predicted octanol–water partition coefficient (Wildman–Crippen LogP) is 3.44. The number of aryl methyl sites for hydroxylation is 1. The van der Waals surface area contributed by atoms with Gasteiger partial charge in [-0.15, -0.1) is 0 Å². The van der Waals surface area contributed by atoms with Gasteiger partial charge in [-0.3, -0.25) is 14.6 Å². The second-order valence-corrected chi connectivity index (χ2v) is 9.49. The average Bonchev–Trinajstić information content (AvgIpc) is 2.90. The van der Waals surface area contributed by atoms with E-state index in [1.807, 2.05) is 45.0 Å². The first-order valence-corrected chi connectivity index (χ1v) is 12.1. The number of fused-ring (bicyclic) bond motifs is 1. The van der Waals surface area contributed by atoms with Crippen molar-refractivity contribution in [2.24, 2.45) is 5.92 Å². The molecule has 1 N–H and O–H groups in total. The van der Waals surface area contributed by atoms with Crippen molar-refractivity contribution in [3.8, 4) is 17.0 Å². The number of rotatable bonds is 6. The number of pyridine rings is 2. The molecule has 188 valence electrons. The maximum Gasteiger partial charge on any atom is 0.259 e. The summed E-state index contributed by atoms with van der Waals surface area (Å²) in [5.41, 5.74) is 3.72. The Hall–Kier alpha value is -3.78. The highest BCUT2D eigenvalue weighted by Gasteiger charge is 2.35. The van der Waals surface area contributed by atoms with Gasteiger partial charge in [-0.05, 0) is 37.6 Å². The van der Waals surface area contributed by atoms with E-state index in [9.17, 15) is 14.7 Å². The minimum atomic E-state index is -0.423. The van der Waals surface area contributed by atoms with Crippen molar-refractivity contribution in [3.05, 3.63) is 77.7 Å². The summed E-state index contributed by atoms with van der Waals surface area (Å²) in [6.45, 7) is 6.31. The number of nitrogens with zero attached hydrogens (tertiary/aromatic N) is 4. The lowest BCUT2D eigenvalue weighted by atomic mass is 9.99. The molecule has 0 radical (unpaired) electrons. The Kier molecular flexibility index (Phi) is 7.64. The van der Waals surface area contributed by atoms with Gasteiger partial charge in [0.25, 0.3) is 11.8 Å². The smallest absolute Gasteiger partial charge is 0.259 e. The van der Waals surface area contributed by atoms with Crippen LogP contribution < -0.4 is 4.74 Å². The predicted molar refractivity (Wildman–Crippen MR) is 137 cm³/mol. The van der Waals surface area contributed by atoms with Gasteiger partial charge in [0.2, 0.25) is 5.88 Å². The van der Waals surface area contributed by atoms with Crippen molar-refractivity contribution < 1.29 is 19.4 Å². The van der Waals surface area contributed by atoms with Gasteiger partial charge in [0, 0.05) is 43.7 Å². The lowest BCUT2D eigenvalue weighted by molar-refractivity contribution is 0.0313. The molecule has 2 aromatic heterocycles. The third-order valence-corrected chi connectivity index (χ3v) is 6.61. The molecule has 0 saturated heterocycles. The van der Waals surface area contributed by atoms with E-state index in [1.54, 1.807) is 47.4 Å².